The maximum Gasteiger partial charge on any atom is 0.242 e. The second-order valence-electron chi connectivity index (χ2n) is 5.95. The molecule has 0 radical (unpaired) electrons. The molecule has 0 aromatic carbocycles. The van der Waals surface area contributed by atoms with Crippen molar-refractivity contribution < 1.29 is 4.79 Å². The SMILES string of the molecule is CCNC(=NCC(=O)NC(C)(C)C)NCCN(CC)CC.I. The van der Waals surface area contributed by atoms with Crippen LogP contribution in [0.4, 0.5) is 0 Å². The molecule has 3 N–H and O–H groups in total. The summed E-state index contributed by atoms with van der Waals surface area (Å²) in [5.74, 6) is 0.622. The number of likely N-dealkylation sites (N-methyl/N-ethyl adjacent to an activating group) is 1. The number of aliphatic imine (C=N–C) groups is 1. The van der Waals surface area contributed by atoms with Gasteiger partial charge in [-0.2, -0.15) is 0 Å². The van der Waals surface area contributed by atoms with Crippen molar-refractivity contribution in [2.75, 3.05) is 39.3 Å². The lowest BCUT2D eigenvalue weighted by Gasteiger charge is -2.20. The number of rotatable bonds is 8. The van der Waals surface area contributed by atoms with E-state index in [2.05, 4.69) is 39.7 Å². The second-order valence-corrected chi connectivity index (χ2v) is 5.95. The largest absolute Gasteiger partial charge is 0.357 e. The first-order chi connectivity index (χ1) is 9.82. The summed E-state index contributed by atoms with van der Waals surface area (Å²) in [5, 5.41) is 9.31. The van der Waals surface area contributed by atoms with E-state index in [1.165, 1.54) is 0 Å². The maximum absolute atomic E-state index is 11.8. The van der Waals surface area contributed by atoms with Crippen LogP contribution in [-0.4, -0.2) is 61.6 Å². The van der Waals surface area contributed by atoms with Crippen molar-refractivity contribution in [3.05, 3.63) is 0 Å². The lowest BCUT2D eigenvalue weighted by atomic mass is 10.1. The van der Waals surface area contributed by atoms with Gasteiger partial charge in [0.25, 0.3) is 0 Å². The third kappa shape index (κ3) is 13.1. The molecular formula is C15H34IN5O. The number of hydrogen-bond acceptors (Lipinski definition) is 3. The van der Waals surface area contributed by atoms with Crippen LogP contribution >= 0.6 is 24.0 Å². The van der Waals surface area contributed by atoms with E-state index in [0.717, 1.165) is 32.7 Å². The van der Waals surface area contributed by atoms with Gasteiger partial charge in [0.2, 0.25) is 5.91 Å². The second kappa shape index (κ2) is 12.9. The molecule has 22 heavy (non-hydrogen) atoms. The van der Waals surface area contributed by atoms with E-state index < -0.39 is 0 Å². The molecule has 0 aromatic rings. The molecule has 0 aliphatic carbocycles. The van der Waals surface area contributed by atoms with Gasteiger partial charge in [-0.3, -0.25) is 4.79 Å². The Hall–Kier alpha value is -0.570. The molecule has 0 saturated carbocycles. The van der Waals surface area contributed by atoms with E-state index in [1.807, 2.05) is 27.7 Å². The Morgan fingerprint density at radius 1 is 1.09 bits per heavy atom. The van der Waals surface area contributed by atoms with E-state index in [-0.39, 0.29) is 42.0 Å². The average Bonchev–Trinajstić information content (AvgIpc) is 2.39. The van der Waals surface area contributed by atoms with Gasteiger partial charge in [-0.25, -0.2) is 4.99 Å². The first-order valence-corrected chi connectivity index (χ1v) is 7.87. The van der Waals surface area contributed by atoms with Gasteiger partial charge in [0, 0.05) is 25.2 Å². The fourth-order valence-electron chi connectivity index (χ4n) is 1.82. The molecule has 0 fully saturated rings. The number of carbonyl (C=O) groups is 1. The number of nitrogens with zero attached hydrogens (tertiary/aromatic N) is 2. The third-order valence-corrected chi connectivity index (χ3v) is 2.85. The molecule has 0 heterocycles. The highest BCUT2D eigenvalue weighted by molar-refractivity contribution is 14.0. The summed E-state index contributed by atoms with van der Waals surface area (Å²) in [6, 6.07) is 0. The van der Waals surface area contributed by atoms with E-state index >= 15 is 0 Å². The number of hydrogen-bond donors (Lipinski definition) is 3. The van der Waals surface area contributed by atoms with Crippen molar-refractivity contribution in [2.45, 2.75) is 47.1 Å². The Labute approximate surface area is 152 Å². The quantitative estimate of drug-likeness (QED) is 0.311. The zero-order valence-corrected chi connectivity index (χ0v) is 17.3. The number of carbonyl (C=O) groups excluding carboxylic acids is 1. The Bertz CT molecular complexity index is 324. The van der Waals surface area contributed by atoms with Gasteiger partial charge in [0.1, 0.15) is 6.54 Å². The Kier molecular flexibility index (Phi) is 13.9. The lowest BCUT2D eigenvalue weighted by molar-refractivity contribution is -0.121. The highest BCUT2D eigenvalue weighted by Crippen LogP contribution is 1.97. The molecule has 6 nitrogen and oxygen atoms in total. The van der Waals surface area contributed by atoms with E-state index in [9.17, 15) is 4.79 Å². The zero-order valence-electron chi connectivity index (χ0n) is 15.0. The molecule has 0 aliphatic heterocycles. The summed E-state index contributed by atoms with van der Waals surface area (Å²) in [6.07, 6.45) is 0. The molecule has 7 heteroatoms. The predicted octanol–water partition coefficient (Wildman–Crippen LogP) is 1.42. The molecule has 1 amide bonds. The first-order valence-electron chi connectivity index (χ1n) is 7.87. The fraction of sp³-hybridized carbons (Fsp3) is 0.867. The Morgan fingerprint density at radius 2 is 1.68 bits per heavy atom. The van der Waals surface area contributed by atoms with Crippen LogP contribution in [0.15, 0.2) is 4.99 Å². The minimum absolute atomic E-state index is 0. The smallest absolute Gasteiger partial charge is 0.242 e. The highest BCUT2D eigenvalue weighted by Gasteiger charge is 2.13. The molecule has 0 aromatic heterocycles. The van der Waals surface area contributed by atoms with Crippen molar-refractivity contribution in [3.8, 4) is 0 Å². The van der Waals surface area contributed by atoms with Crippen molar-refractivity contribution in [3.63, 3.8) is 0 Å². The standard InChI is InChI=1S/C15H33N5O.HI/c1-7-16-14(17-10-11-20(8-2)9-3)18-12-13(21)19-15(4,5)6;/h7-12H2,1-6H3,(H,19,21)(H2,16,17,18);1H. The molecule has 0 saturated heterocycles. The van der Waals surface area contributed by atoms with E-state index in [1.54, 1.807) is 0 Å². The predicted molar refractivity (Wildman–Crippen MR) is 105 cm³/mol. The summed E-state index contributed by atoms with van der Waals surface area (Å²) in [5.41, 5.74) is -0.221. The summed E-state index contributed by atoms with van der Waals surface area (Å²) in [7, 11) is 0. The number of halogens is 1. The number of nitrogens with one attached hydrogen (secondary N) is 3. The summed E-state index contributed by atoms with van der Waals surface area (Å²) in [4.78, 5) is 18.4. The van der Waals surface area contributed by atoms with Gasteiger partial charge in [-0.05, 0) is 40.8 Å². The van der Waals surface area contributed by atoms with Crippen molar-refractivity contribution >= 4 is 35.8 Å². The van der Waals surface area contributed by atoms with Crippen LogP contribution in [0.25, 0.3) is 0 Å². The fourth-order valence-corrected chi connectivity index (χ4v) is 1.82. The van der Waals surface area contributed by atoms with Gasteiger partial charge < -0.3 is 20.9 Å². The maximum atomic E-state index is 11.8. The molecular weight excluding hydrogens is 393 g/mol. The molecule has 0 unspecified atom stereocenters. The van der Waals surface area contributed by atoms with Crippen molar-refractivity contribution in [1.29, 1.82) is 0 Å². The van der Waals surface area contributed by atoms with Crippen LogP contribution in [0, 0.1) is 0 Å². The van der Waals surface area contributed by atoms with Crippen molar-refractivity contribution in [2.24, 2.45) is 4.99 Å². The number of amides is 1. The van der Waals surface area contributed by atoms with Gasteiger partial charge in [0.15, 0.2) is 5.96 Å². The third-order valence-electron chi connectivity index (χ3n) is 2.85. The molecule has 0 rings (SSSR count). The van der Waals surface area contributed by atoms with Crippen LogP contribution in [0.2, 0.25) is 0 Å². The van der Waals surface area contributed by atoms with Crippen molar-refractivity contribution in [1.82, 2.24) is 20.9 Å². The summed E-state index contributed by atoms with van der Waals surface area (Å²) < 4.78 is 0. The summed E-state index contributed by atoms with van der Waals surface area (Å²) >= 11 is 0. The van der Waals surface area contributed by atoms with Gasteiger partial charge in [-0.15, -0.1) is 24.0 Å². The number of guanidine groups is 1. The average molecular weight is 427 g/mol. The lowest BCUT2D eigenvalue weighted by Crippen LogP contribution is -2.44. The van der Waals surface area contributed by atoms with Crippen LogP contribution in [0.5, 0.6) is 0 Å². The van der Waals surface area contributed by atoms with Gasteiger partial charge in [0.05, 0.1) is 0 Å². The molecule has 132 valence electrons. The van der Waals surface area contributed by atoms with Gasteiger partial charge in [-0.1, -0.05) is 13.8 Å². The van der Waals surface area contributed by atoms with Crippen LogP contribution in [0.3, 0.4) is 0 Å². The normalized spacial score (nSPS) is 11.9. The molecule has 0 aliphatic rings. The molecule has 0 bridgehead atoms. The Morgan fingerprint density at radius 3 is 2.14 bits per heavy atom. The topological polar surface area (TPSA) is 68.8 Å². The van der Waals surface area contributed by atoms with Gasteiger partial charge >= 0.3 is 0 Å². The summed E-state index contributed by atoms with van der Waals surface area (Å²) in [6.45, 7) is 17.0. The van der Waals surface area contributed by atoms with Crippen LogP contribution in [0.1, 0.15) is 41.5 Å². The van der Waals surface area contributed by atoms with E-state index in [0.29, 0.717) is 5.96 Å². The minimum Gasteiger partial charge on any atom is -0.357 e. The molecule has 0 spiro atoms. The van der Waals surface area contributed by atoms with Crippen LogP contribution in [-0.2, 0) is 4.79 Å². The monoisotopic (exact) mass is 427 g/mol. The minimum atomic E-state index is -0.221. The Balaban J connectivity index is 0. The zero-order chi connectivity index (χ0) is 16.3. The van der Waals surface area contributed by atoms with Crippen LogP contribution < -0.4 is 16.0 Å². The van der Waals surface area contributed by atoms with E-state index in [4.69, 9.17) is 0 Å². The molecule has 0 atom stereocenters. The first kappa shape index (κ1) is 23.7. The highest BCUT2D eigenvalue weighted by atomic mass is 127.